The first-order chi connectivity index (χ1) is 12.1. The minimum atomic E-state index is -0.00890. The molecule has 1 amide bonds. The van der Waals surface area contributed by atoms with Crippen LogP contribution in [0.25, 0.3) is 0 Å². The van der Waals surface area contributed by atoms with Crippen LogP contribution in [0.4, 0.5) is 5.69 Å². The summed E-state index contributed by atoms with van der Waals surface area (Å²) in [7, 11) is 2.19. The van der Waals surface area contributed by atoms with Gasteiger partial charge in [0.1, 0.15) is 5.01 Å². The van der Waals surface area contributed by atoms with Crippen molar-refractivity contribution in [3.05, 3.63) is 45.9 Å². The average Bonchev–Trinajstić information content (AvgIpc) is 3.04. The molecular formula is C20H27N3OS. The number of amides is 1. The molecule has 1 aromatic heterocycles. The molecule has 5 heteroatoms. The zero-order chi connectivity index (χ0) is 17.6. The summed E-state index contributed by atoms with van der Waals surface area (Å²) in [6.45, 7) is 2.91. The van der Waals surface area contributed by atoms with Crippen LogP contribution in [0.15, 0.2) is 29.6 Å². The zero-order valence-electron chi connectivity index (χ0n) is 15.1. The van der Waals surface area contributed by atoms with E-state index in [1.54, 1.807) is 11.3 Å². The molecule has 0 spiro atoms. The molecule has 0 unspecified atom stereocenters. The highest BCUT2D eigenvalue weighted by Gasteiger charge is 2.19. The van der Waals surface area contributed by atoms with E-state index in [0.717, 1.165) is 22.9 Å². The third-order valence-corrected chi connectivity index (χ3v) is 5.75. The largest absolute Gasteiger partial charge is 0.326 e. The standard InChI is InChI=1S/C20H27N3OS/c1-15-8-10-16(11-9-15)21-19(24)12-20-22-17(14-25-20)13-23(2)18-6-4-3-5-7-18/h8-11,14,18H,3-7,12-13H2,1-2H3,(H,21,24). The molecular weight excluding hydrogens is 330 g/mol. The van der Waals surface area contributed by atoms with Crippen LogP contribution in [0.1, 0.15) is 48.4 Å². The summed E-state index contributed by atoms with van der Waals surface area (Å²) in [4.78, 5) is 19.3. The maximum absolute atomic E-state index is 12.2. The number of benzene rings is 1. The van der Waals surface area contributed by atoms with Crippen LogP contribution in [0, 0.1) is 6.92 Å². The minimum absolute atomic E-state index is 0.00890. The fourth-order valence-electron chi connectivity index (χ4n) is 3.39. The fraction of sp³-hybridized carbons (Fsp3) is 0.500. The number of nitrogens with zero attached hydrogens (tertiary/aromatic N) is 2. The average molecular weight is 358 g/mol. The normalized spacial score (nSPS) is 15.5. The lowest BCUT2D eigenvalue weighted by Gasteiger charge is -2.30. The van der Waals surface area contributed by atoms with Gasteiger partial charge < -0.3 is 5.32 Å². The molecule has 0 atom stereocenters. The number of thiazole rings is 1. The Labute approximate surface area is 154 Å². The van der Waals surface area contributed by atoms with Gasteiger partial charge in [-0.05, 0) is 38.9 Å². The first kappa shape index (κ1) is 18.1. The lowest BCUT2D eigenvalue weighted by atomic mass is 9.94. The summed E-state index contributed by atoms with van der Waals surface area (Å²) in [5, 5.41) is 5.91. The van der Waals surface area contributed by atoms with Crippen LogP contribution in [0.3, 0.4) is 0 Å². The number of aromatic nitrogens is 1. The van der Waals surface area contributed by atoms with Gasteiger partial charge in [0, 0.05) is 23.7 Å². The van der Waals surface area contributed by atoms with Gasteiger partial charge >= 0.3 is 0 Å². The van der Waals surface area contributed by atoms with Crippen molar-refractivity contribution in [3.63, 3.8) is 0 Å². The van der Waals surface area contributed by atoms with E-state index in [4.69, 9.17) is 0 Å². The molecule has 25 heavy (non-hydrogen) atoms. The van der Waals surface area contributed by atoms with Crippen molar-refractivity contribution in [2.75, 3.05) is 12.4 Å². The summed E-state index contributed by atoms with van der Waals surface area (Å²) >= 11 is 1.58. The molecule has 2 aromatic rings. The Morgan fingerprint density at radius 2 is 1.96 bits per heavy atom. The first-order valence-electron chi connectivity index (χ1n) is 9.10. The molecule has 0 aliphatic heterocycles. The SMILES string of the molecule is Cc1ccc(NC(=O)Cc2nc(CN(C)C3CCCCC3)cs2)cc1. The van der Waals surface area contributed by atoms with E-state index in [1.165, 1.54) is 37.7 Å². The quantitative estimate of drug-likeness (QED) is 0.833. The van der Waals surface area contributed by atoms with E-state index in [2.05, 4.69) is 27.6 Å². The summed E-state index contributed by atoms with van der Waals surface area (Å²) < 4.78 is 0. The number of hydrogen-bond donors (Lipinski definition) is 1. The molecule has 1 aromatic carbocycles. The summed E-state index contributed by atoms with van der Waals surface area (Å²) in [6, 6.07) is 8.54. The van der Waals surface area contributed by atoms with Gasteiger partial charge in [-0.15, -0.1) is 11.3 Å². The second-order valence-corrected chi connectivity index (χ2v) is 7.97. The lowest BCUT2D eigenvalue weighted by molar-refractivity contribution is -0.115. The summed E-state index contributed by atoms with van der Waals surface area (Å²) in [5.74, 6) is -0.00890. The topological polar surface area (TPSA) is 45.2 Å². The predicted molar refractivity (Wildman–Crippen MR) is 104 cm³/mol. The predicted octanol–water partition coefficient (Wildman–Crippen LogP) is 4.40. The van der Waals surface area contributed by atoms with Crippen molar-refractivity contribution in [3.8, 4) is 0 Å². The van der Waals surface area contributed by atoms with Crippen LogP contribution in [0.2, 0.25) is 0 Å². The number of rotatable bonds is 6. The molecule has 0 saturated heterocycles. The number of anilines is 1. The maximum Gasteiger partial charge on any atom is 0.231 e. The molecule has 1 saturated carbocycles. The van der Waals surface area contributed by atoms with Gasteiger partial charge in [-0.3, -0.25) is 9.69 Å². The summed E-state index contributed by atoms with van der Waals surface area (Å²) in [5.41, 5.74) is 3.10. The molecule has 0 radical (unpaired) electrons. The molecule has 1 N–H and O–H groups in total. The first-order valence-corrected chi connectivity index (χ1v) is 9.98. The number of aryl methyl sites for hydroxylation is 1. The number of hydrogen-bond acceptors (Lipinski definition) is 4. The van der Waals surface area contributed by atoms with Crippen LogP contribution in [-0.4, -0.2) is 28.9 Å². The van der Waals surface area contributed by atoms with Gasteiger partial charge in [-0.1, -0.05) is 37.0 Å². The highest BCUT2D eigenvalue weighted by atomic mass is 32.1. The van der Waals surface area contributed by atoms with E-state index in [0.29, 0.717) is 12.5 Å². The van der Waals surface area contributed by atoms with Gasteiger partial charge in [-0.2, -0.15) is 0 Å². The van der Waals surface area contributed by atoms with E-state index < -0.39 is 0 Å². The third-order valence-electron chi connectivity index (χ3n) is 4.86. The number of nitrogens with one attached hydrogen (secondary N) is 1. The van der Waals surface area contributed by atoms with Gasteiger partial charge in [0.25, 0.3) is 0 Å². The van der Waals surface area contributed by atoms with Crippen molar-refractivity contribution in [2.45, 2.75) is 58.0 Å². The smallest absolute Gasteiger partial charge is 0.231 e. The number of carbonyl (C=O) groups excluding carboxylic acids is 1. The zero-order valence-corrected chi connectivity index (χ0v) is 15.9. The van der Waals surface area contributed by atoms with Crippen LogP contribution < -0.4 is 5.32 Å². The van der Waals surface area contributed by atoms with Crippen molar-refractivity contribution in [2.24, 2.45) is 0 Å². The second-order valence-electron chi connectivity index (χ2n) is 7.03. The van der Waals surface area contributed by atoms with Gasteiger partial charge in [0.05, 0.1) is 12.1 Å². The monoisotopic (exact) mass is 357 g/mol. The van der Waals surface area contributed by atoms with Gasteiger partial charge in [0.15, 0.2) is 0 Å². The van der Waals surface area contributed by atoms with Gasteiger partial charge in [0.2, 0.25) is 5.91 Å². The van der Waals surface area contributed by atoms with E-state index in [1.807, 2.05) is 31.2 Å². The Hall–Kier alpha value is -1.72. The third kappa shape index (κ3) is 5.38. The molecule has 0 bridgehead atoms. The van der Waals surface area contributed by atoms with Crippen molar-refractivity contribution in [1.29, 1.82) is 0 Å². The Morgan fingerprint density at radius 3 is 2.68 bits per heavy atom. The fourth-order valence-corrected chi connectivity index (χ4v) is 4.17. The Balaban J connectivity index is 1.50. The van der Waals surface area contributed by atoms with E-state index in [-0.39, 0.29) is 5.91 Å². The molecule has 134 valence electrons. The Bertz CT molecular complexity index is 689. The van der Waals surface area contributed by atoms with Crippen molar-refractivity contribution < 1.29 is 4.79 Å². The number of carbonyl (C=O) groups is 1. The summed E-state index contributed by atoms with van der Waals surface area (Å²) in [6.07, 6.45) is 7.00. The van der Waals surface area contributed by atoms with E-state index in [9.17, 15) is 4.79 Å². The van der Waals surface area contributed by atoms with E-state index >= 15 is 0 Å². The highest BCUT2D eigenvalue weighted by Crippen LogP contribution is 2.23. The van der Waals surface area contributed by atoms with Crippen molar-refractivity contribution in [1.82, 2.24) is 9.88 Å². The highest BCUT2D eigenvalue weighted by molar-refractivity contribution is 7.09. The lowest BCUT2D eigenvalue weighted by Crippen LogP contribution is -2.32. The maximum atomic E-state index is 12.2. The van der Waals surface area contributed by atoms with Crippen LogP contribution >= 0.6 is 11.3 Å². The Kier molecular flexibility index (Phi) is 6.21. The minimum Gasteiger partial charge on any atom is -0.326 e. The molecule has 1 aliphatic rings. The van der Waals surface area contributed by atoms with Gasteiger partial charge in [-0.25, -0.2) is 4.98 Å². The second kappa shape index (κ2) is 8.59. The molecule has 1 fully saturated rings. The Morgan fingerprint density at radius 1 is 1.24 bits per heavy atom. The molecule has 3 rings (SSSR count). The van der Waals surface area contributed by atoms with Crippen LogP contribution in [-0.2, 0) is 17.8 Å². The molecule has 1 aliphatic carbocycles. The van der Waals surface area contributed by atoms with Crippen LogP contribution in [0.5, 0.6) is 0 Å². The molecule has 4 nitrogen and oxygen atoms in total. The molecule has 1 heterocycles. The van der Waals surface area contributed by atoms with Crippen molar-refractivity contribution >= 4 is 22.9 Å².